The fraction of sp³-hybridized carbons (Fsp3) is 0.0769. The number of benzene rings is 1. The van der Waals surface area contributed by atoms with E-state index in [0.29, 0.717) is 16.6 Å². The van der Waals surface area contributed by atoms with E-state index in [4.69, 9.17) is 28.3 Å². The number of hydrogen-bond acceptors (Lipinski definition) is 2. The van der Waals surface area contributed by atoms with Crippen LogP contribution in [-0.4, -0.2) is 15.6 Å². The monoisotopic (exact) mass is 297 g/mol. The van der Waals surface area contributed by atoms with Crippen LogP contribution in [0.3, 0.4) is 0 Å². The Morgan fingerprint density at radius 2 is 1.89 bits per heavy atom. The first-order valence-electron chi connectivity index (χ1n) is 5.35. The molecule has 0 bridgehead atoms. The molecule has 0 atom stereocenters. The first-order chi connectivity index (χ1) is 8.97. The third kappa shape index (κ3) is 3.16. The maximum atomic E-state index is 11.7. The van der Waals surface area contributed by atoms with E-state index >= 15 is 0 Å². The molecule has 0 aliphatic carbocycles. The van der Waals surface area contributed by atoms with Crippen LogP contribution >= 0.6 is 23.2 Å². The van der Waals surface area contributed by atoms with Crippen molar-refractivity contribution >= 4 is 29.2 Å². The zero-order chi connectivity index (χ0) is 14.0. The van der Waals surface area contributed by atoms with Gasteiger partial charge in [0.1, 0.15) is 0 Å². The van der Waals surface area contributed by atoms with Gasteiger partial charge in [-0.05, 0) is 23.8 Å². The molecule has 0 unspecified atom stereocenters. The minimum Gasteiger partial charge on any atom is -0.478 e. The number of rotatable bonds is 3. The van der Waals surface area contributed by atoms with Crippen molar-refractivity contribution in [2.45, 2.75) is 6.54 Å². The lowest BCUT2D eigenvalue weighted by Crippen LogP contribution is -2.20. The molecule has 19 heavy (non-hydrogen) atoms. The third-order valence-corrected chi connectivity index (χ3v) is 3.32. The van der Waals surface area contributed by atoms with Gasteiger partial charge in [-0.25, -0.2) is 4.79 Å². The molecule has 1 aromatic carbocycles. The molecule has 4 nitrogen and oxygen atoms in total. The number of carboxylic acid groups (broad SMARTS) is 1. The molecule has 0 amide bonds. The predicted octanol–water partition coefficient (Wildman–Crippen LogP) is 2.90. The number of carbonyl (C=O) groups is 1. The van der Waals surface area contributed by atoms with Gasteiger partial charge in [-0.3, -0.25) is 4.79 Å². The molecule has 2 rings (SSSR count). The van der Waals surface area contributed by atoms with Crippen LogP contribution in [0.5, 0.6) is 0 Å². The van der Waals surface area contributed by atoms with Gasteiger partial charge in [-0.1, -0.05) is 29.3 Å². The Labute approximate surface area is 118 Å². The van der Waals surface area contributed by atoms with Crippen LogP contribution in [0.1, 0.15) is 15.9 Å². The van der Waals surface area contributed by atoms with Crippen LogP contribution < -0.4 is 5.56 Å². The van der Waals surface area contributed by atoms with Gasteiger partial charge in [0.15, 0.2) is 0 Å². The zero-order valence-electron chi connectivity index (χ0n) is 9.64. The van der Waals surface area contributed by atoms with Gasteiger partial charge in [0.2, 0.25) is 0 Å². The summed E-state index contributed by atoms with van der Waals surface area (Å²) in [5, 5.41) is 9.63. The molecule has 0 saturated carbocycles. The van der Waals surface area contributed by atoms with Gasteiger partial charge in [-0.15, -0.1) is 0 Å². The molecule has 1 N–H and O–H groups in total. The zero-order valence-corrected chi connectivity index (χ0v) is 11.1. The predicted molar refractivity (Wildman–Crippen MR) is 73.2 cm³/mol. The Hall–Kier alpha value is -1.78. The topological polar surface area (TPSA) is 59.3 Å². The van der Waals surface area contributed by atoms with Gasteiger partial charge in [0.05, 0.1) is 22.2 Å². The molecule has 1 aromatic heterocycles. The minimum atomic E-state index is -1.13. The first-order valence-corrected chi connectivity index (χ1v) is 6.10. The lowest BCUT2D eigenvalue weighted by molar-refractivity contribution is 0.0696. The molecular weight excluding hydrogens is 289 g/mol. The maximum Gasteiger partial charge on any atom is 0.335 e. The van der Waals surface area contributed by atoms with Crippen molar-refractivity contribution in [1.29, 1.82) is 0 Å². The van der Waals surface area contributed by atoms with Crippen LogP contribution in [0.4, 0.5) is 0 Å². The second-order valence-corrected chi connectivity index (χ2v) is 4.75. The van der Waals surface area contributed by atoms with Gasteiger partial charge in [0, 0.05) is 12.3 Å². The van der Waals surface area contributed by atoms with Crippen LogP contribution in [0, 0.1) is 0 Å². The van der Waals surface area contributed by atoms with Crippen molar-refractivity contribution < 1.29 is 9.90 Å². The van der Waals surface area contributed by atoms with E-state index < -0.39 is 5.97 Å². The van der Waals surface area contributed by atoms with Crippen molar-refractivity contribution in [3.63, 3.8) is 0 Å². The Balaban J connectivity index is 2.31. The molecular formula is C13H9Cl2NO3. The van der Waals surface area contributed by atoms with E-state index in [0.717, 1.165) is 11.6 Å². The second kappa shape index (κ2) is 5.47. The van der Waals surface area contributed by atoms with Crippen molar-refractivity contribution in [3.8, 4) is 0 Å². The second-order valence-electron chi connectivity index (χ2n) is 3.94. The van der Waals surface area contributed by atoms with Crippen molar-refractivity contribution in [3.05, 3.63) is 68.1 Å². The summed E-state index contributed by atoms with van der Waals surface area (Å²) in [6.07, 6.45) is 1.44. The fourth-order valence-electron chi connectivity index (χ4n) is 1.61. The van der Waals surface area contributed by atoms with Gasteiger partial charge in [-0.2, -0.15) is 0 Å². The standard InChI is InChI=1S/C13H9Cl2NO3/c14-10-2-1-8(5-11(10)15)7-16-4-3-9(13(18)19)6-12(16)17/h1-6H,7H2,(H,18,19). The third-order valence-electron chi connectivity index (χ3n) is 2.58. The highest BCUT2D eigenvalue weighted by atomic mass is 35.5. The summed E-state index contributed by atoms with van der Waals surface area (Å²) in [5.74, 6) is -1.13. The Morgan fingerprint density at radius 1 is 1.16 bits per heavy atom. The molecule has 0 aliphatic rings. The number of halogens is 2. The lowest BCUT2D eigenvalue weighted by Gasteiger charge is -2.07. The Bertz CT molecular complexity index is 695. The largest absolute Gasteiger partial charge is 0.478 e. The lowest BCUT2D eigenvalue weighted by atomic mass is 10.2. The van der Waals surface area contributed by atoms with Crippen molar-refractivity contribution in [1.82, 2.24) is 4.57 Å². The van der Waals surface area contributed by atoms with E-state index in [1.165, 1.54) is 16.8 Å². The van der Waals surface area contributed by atoms with Crippen molar-refractivity contribution in [2.24, 2.45) is 0 Å². The molecule has 0 saturated heterocycles. The van der Waals surface area contributed by atoms with Crippen LogP contribution in [-0.2, 0) is 6.54 Å². The molecule has 1 heterocycles. The Kier molecular flexibility index (Phi) is 3.93. The molecule has 0 spiro atoms. The quantitative estimate of drug-likeness (QED) is 0.947. The van der Waals surface area contributed by atoms with E-state index in [-0.39, 0.29) is 11.1 Å². The van der Waals surface area contributed by atoms with E-state index in [9.17, 15) is 9.59 Å². The summed E-state index contributed by atoms with van der Waals surface area (Å²) in [6.45, 7) is 0.301. The number of hydrogen-bond donors (Lipinski definition) is 1. The molecule has 0 radical (unpaired) electrons. The average molecular weight is 298 g/mol. The van der Waals surface area contributed by atoms with Gasteiger partial charge >= 0.3 is 5.97 Å². The molecule has 0 fully saturated rings. The highest BCUT2D eigenvalue weighted by Gasteiger charge is 2.06. The summed E-state index contributed by atoms with van der Waals surface area (Å²) in [5.41, 5.74) is 0.390. The summed E-state index contributed by atoms with van der Waals surface area (Å²) in [4.78, 5) is 22.5. The van der Waals surface area contributed by atoms with Crippen LogP contribution in [0.25, 0.3) is 0 Å². The van der Waals surface area contributed by atoms with Gasteiger partial charge < -0.3 is 9.67 Å². The normalized spacial score (nSPS) is 10.4. The van der Waals surface area contributed by atoms with Gasteiger partial charge in [0.25, 0.3) is 5.56 Å². The highest BCUT2D eigenvalue weighted by molar-refractivity contribution is 6.42. The fourth-order valence-corrected chi connectivity index (χ4v) is 1.93. The number of carboxylic acids is 1. The van der Waals surface area contributed by atoms with Crippen molar-refractivity contribution in [2.75, 3.05) is 0 Å². The Morgan fingerprint density at radius 3 is 2.47 bits per heavy atom. The molecule has 2 aromatic rings. The number of aromatic nitrogens is 1. The average Bonchev–Trinajstić information content (AvgIpc) is 2.36. The summed E-state index contributed by atoms with van der Waals surface area (Å²) >= 11 is 11.7. The summed E-state index contributed by atoms with van der Waals surface area (Å²) < 4.78 is 1.39. The van der Waals surface area contributed by atoms with Crippen LogP contribution in [0.2, 0.25) is 10.0 Å². The molecule has 98 valence electrons. The van der Waals surface area contributed by atoms with Crippen LogP contribution in [0.15, 0.2) is 41.3 Å². The maximum absolute atomic E-state index is 11.7. The first kappa shape index (κ1) is 13.6. The highest BCUT2D eigenvalue weighted by Crippen LogP contribution is 2.22. The SMILES string of the molecule is O=C(O)c1ccn(Cc2ccc(Cl)c(Cl)c2)c(=O)c1. The molecule has 6 heteroatoms. The molecule has 0 aliphatic heterocycles. The number of aromatic carboxylic acids is 1. The van der Waals surface area contributed by atoms with E-state index in [2.05, 4.69) is 0 Å². The van der Waals surface area contributed by atoms with E-state index in [1.54, 1.807) is 18.2 Å². The minimum absolute atomic E-state index is 0.0320. The smallest absolute Gasteiger partial charge is 0.335 e. The summed E-state index contributed by atoms with van der Waals surface area (Å²) in [7, 11) is 0. The number of nitrogens with zero attached hydrogens (tertiary/aromatic N) is 1. The van der Waals surface area contributed by atoms with E-state index in [1.807, 2.05) is 0 Å². The number of pyridine rings is 1. The summed E-state index contributed by atoms with van der Waals surface area (Å²) in [6, 6.07) is 7.53.